The van der Waals surface area contributed by atoms with Crippen molar-refractivity contribution in [1.82, 2.24) is 25.5 Å². The highest BCUT2D eigenvalue weighted by Crippen LogP contribution is 2.20. The molecule has 0 fully saturated rings. The molecule has 132 valence electrons. The topological polar surface area (TPSA) is 86.5 Å². The molecule has 3 rings (SSSR count). The Hall–Kier alpha value is -2.63. The van der Waals surface area contributed by atoms with Gasteiger partial charge in [-0.25, -0.2) is 4.98 Å². The number of carbonyl (C=O) groups is 1. The van der Waals surface area contributed by atoms with Gasteiger partial charge in [0.15, 0.2) is 0 Å². The van der Waals surface area contributed by atoms with E-state index >= 15 is 0 Å². The molecule has 2 heterocycles. The summed E-state index contributed by atoms with van der Waals surface area (Å²) in [7, 11) is 0. The number of nitrogens with one attached hydrogen (secondary N) is 3. The molecule has 6 heteroatoms. The Morgan fingerprint density at radius 3 is 2.76 bits per heavy atom. The highest BCUT2D eigenvalue weighted by atomic mass is 16.1. The van der Waals surface area contributed by atoms with E-state index in [0.29, 0.717) is 12.8 Å². The Morgan fingerprint density at radius 1 is 1.28 bits per heavy atom. The van der Waals surface area contributed by atoms with Gasteiger partial charge in [0.05, 0.1) is 22.8 Å². The summed E-state index contributed by atoms with van der Waals surface area (Å²) in [5.41, 5.74) is 6.26. The normalized spacial score (nSPS) is 12.5. The first-order valence-electron chi connectivity index (χ1n) is 8.74. The molecule has 0 aliphatic heterocycles. The number of benzene rings is 1. The second kappa shape index (κ2) is 7.09. The maximum absolute atomic E-state index is 12.4. The number of aromatic amines is 2. The SMILES string of the molecule is CC[C@H](NC(=O)CCc1n[nH]c(C)c1C)c1nc2ccc(C)cc2[nH]1. The average molecular weight is 339 g/mol. The van der Waals surface area contributed by atoms with Crippen LogP contribution < -0.4 is 5.32 Å². The number of fused-ring (bicyclic) bond motifs is 1. The van der Waals surface area contributed by atoms with Crippen LogP contribution in [0, 0.1) is 20.8 Å². The van der Waals surface area contributed by atoms with Gasteiger partial charge in [-0.3, -0.25) is 9.89 Å². The molecule has 0 bridgehead atoms. The molecular weight excluding hydrogens is 314 g/mol. The van der Waals surface area contributed by atoms with Crippen LogP contribution in [0.4, 0.5) is 0 Å². The Labute approximate surface area is 147 Å². The van der Waals surface area contributed by atoms with Crippen LogP contribution in [0.3, 0.4) is 0 Å². The van der Waals surface area contributed by atoms with E-state index in [1.54, 1.807) is 0 Å². The van der Waals surface area contributed by atoms with Gasteiger partial charge in [0.1, 0.15) is 5.82 Å². The summed E-state index contributed by atoms with van der Waals surface area (Å²) in [6.45, 7) is 8.11. The predicted molar refractivity (Wildman–Crippen MR) is 98.4 cm³/mol. The van der Waals surface area contributed by atoms with Gasteiger partial charge in [0.2, 0.25) is 5.91 Å². The number of carbonyl (C=O) groups excluding carboxylic acids is 1. The summed E-state index contributed by atoms with van der Waals surface area (Å²) in [5, 5.41) is 10.3. The summed E-state index contributed by atoms with van der Waals surface area (Å²) in [5.74, 6) is 0.826. The van der Waals surface area contributed by atoms with E-state index in [2.05, 4.69) is 38.5 Å². The van der Waals surface area contributed by atoms with Crippen molar-refractivity contribution in [2.75, 3.05) is 0 Å². The number of hydrogen-bond acceptors (Lipinski definition) is 3. The van der Waals surface area contributed by atoms with E-state index in [9.17, 15) is 4.79 Å². The Balaban J connectivity index is 1.66. The van der Waals surface area contributed by atoms with Crippen molar-refractivity contribution in [3.05, 3.63) is 46.5 Å². The zero-order chi connectivity index (χ0) is 18.0. The highest BCUT2D eigenvalue weighted by molar-refractivity contribution is 5.78. The van der Waals surface area contributed by atoms with Gasteiger partial charge in [0, 0.05) is 18.5 Å². The third-order valence-electron chi connectivity index (χ3n) is 4.67. The van der Waals surface area contributed by atoms with E-state index in [0.717, 1.165) is 40.2 Å². The molecule has 0 aliphatic rings. The van der Waals surface area contributed by atoms with Crippen LogP contribution in [-0.2, 0) is 11.2 Å². The van der Waals surface area contributed by atoms with Crippen molar-refractivity contribution in [3.8, 4) is 0 Å². The molecule has 6 nitrogen and oxygen atoms in total. The summed E-state index contributed by atoms with van der Waals surface area (Å²) in [4.78, 5) is 20.3. The number of H-pyrrole nitrogens is 2. The molecule has 1 amide bonds. The van der Waals surface area contributed by atoms with Crippen LogP contribution in [-0.4, -0.2) is 26.1 Å². The number of aromatic nitrogens is 4. The molecule has 0 unspecified atom stereocenters. The molecule has 0 spiro atoms. The first-order chi connectivity index (χ1) is 12.0. The quantitative estimate of drug-likeness (QED) is 0.643. The number of imidazole rings is 1. The van der Waals surface area contributed by atoms with Crippen LogP contribution in [0.1, 0.15) is 54.1 Å². The van der Waals surface area contributed by atoms with Crippen LogP contribution in [0.15, 0.2) is 18.2 Å². The van der Waals surface area contributed by atoms with E-state index in [1.165, 1.54) is 5.56 Å². The average Bonchev–Trinajstić information content (AvgIpc) is 3.14. The van der Waals surface area contributed by atoms with Gasteiger partial charge >= 0.3 is 0 Å². The van der Waals surface area contributed by atoms with Crippen molar-refractivity contribution in [3.63, 3.8) is 0 Å². The number of nitrogens with zero attached hydrogens (tertiary/aromatic N) is 2. The molecule has 0 saturated heterocycles. The summed E-state index contributed by atoms with van der Waals surface area (Å²) >= 11 is 0. The molecule has 1 atom stereocenters. The molecule has 1 aromatic carbocycles. The lowest BCUT2D eigenvalue weighted by Gasteiger charge is -2.14. The largest absolute Gasteiger partial charge is 0.346 e. The standard InChI is InChI=1S/C19H25N5O/c1-5-14(19-21-16-7-6-11(2)10-17(16)22-19)20-18(25)9-8-15-12(3)13(4)23-24-15/h6-7,10,14H,5,8-9H2,1-4H3,(H,20,25)(H,21,22)(H,23,24)/t14-/m0/s1. The Morgan fingerprint density at radius 2 is 2.08 bits per heavy atom. The molecule has 3 N–H and O–H groups in total. The minimum atomic E-state index is -0.109. The summed E-state index contributed by atoms with van der Waals surface area (Å²) < 4.78 is 0. The Bertz CT molecular complexity index is 892. The first kappa shape index (κ1) is 17.2. The fourth-order valence-corrected chi connectivity index (χ4v) is 2.95. The molecule has 3 aromatic rings. The lowest BCUT2D eigenvalue weighted by atomic mass is 10.1. The highest BCUT2D eigenvalue weighted by Gasteiger charge is 2.17. The second-order valence-corrected chi connectivity index (χ2v) is 6.59. The maximum atomic E-state index is 12.4. The number of aryl methyl sites for hydroxylation is 3. The zero-order valence-corrected chi connectivity index (χ0v) is 15.2. The summed E-state index contributed by atoms with van der Waals surface area (Å²) in [6.07, 6.45) is 1.84. The van der Waals surface area contributed by atoms with Gasteiger partial charge in [-0.1, -0.05) is 13.0 Å². The maximum Gasteiger partial charge on any atom is 0.220 e. The van der Waals surface area contributed by atoms with Crippen molar-refractivity contribution in [1.29, 1.82) is 0 Å². The first-order valence-corrected chi connectivity index (χ1v) is 8.74. The van der Waals surface area contributed by atoms with E-state index < -0.39 is 0 Å². The minimum absolute atomic E-state index is 0.0172. The predicted octanol–water partition coefficient (Wildman–Crippen LogP) is 3.41. The summed E-state index contributed by atoms with van der Waals surface area (Å²) in [6, 6.07) is 6.01. The van der Waals surface area contributed by atoms with E-state index in [-0.39, 0.29) is 11.9 Å². The fourth-order valence-electron chi connectivity index (χ4n) is 2.95. The van der Waals surface area contributed by atoms with Crippen molar-refractivity contribution < 1.29 is 4.79 Å². The molecular formula is C19H25N5O. The number of amides is 1. The van der Waals surface area contributed by atoms with Crippen molar-refractivity contribution in [2.45, 2.75) is 53.0 Å². The molecule has 0 aliphatic carbocycles. The van der Waals surface area contributed by atoms with E-state index in [1.807, 2.05) is 32.9 Å². The number of rotatable bonds is 6. The lowest BCUT2D eigenvalue weighted by molar-refractivity contribution is -0.121. The third-order valence-corrected chi connectivity index (χ3v) is 4.67. The molecule has 0 saturated carbocycles. The molecule has 25 heavy (non-hydrogen) atoms. The van der Waals surface area contributed by atoms with Crippen LogP contribution in [0.2, 0.25) is 0 Å². The second-order valence-electron chi connectivity index (χ2n) is 6.59. The third kappa shape index (κ3) is 3.73. The monoisotopic (exact) mass is 339 g/mol. The van der Waals surface area contributed by atoms with Gasteiger partial charge < -0.3 is 10.3 Å². The van der Waals surface area contributed by atoms with Gasteiger partial charge in [0.25, 0.3) is 0 Å². The van der Waals surface area contributed by atoms with E-state index in [4.69, 9.17) is 0 Å². The molecule has 2 aromatic heterocycles. The minimum Gasteiger partial charge on any atom is -0.346 e. The molecule has 0 radical (unpaired) electrons. The van der Waals surface area contributed by atoms with Crippen LogP contribution in [0.25, 0.3) is 11.0 Å². The van der Waals surface area contributed by atoms with Gasteiger partial charge in [-0.2, -0.15) is 5.10 Å². The van der Waals surface area contributed by atoms with Gasteiger partial charge in [-0.15, -0.1) is 0 Å². The number of hydrogen-bond donors (Lipinski definition) is 3. The van der Waals surface area contributed by atoms with Crippen LogP contribution >= 0.6 is 0 Å². The van der Waals surface area contributed by atoms with Crippen molar-refractivity contribution >= 4 is 16.9 Å². The van der Waals surface area contributed by atoms with Crippen molar-refractivity contribution in [2.24, 2.45) is 0 Å². The Kier molecular flexibility index (Phi) is 4.88. The smallest absolute Gasteiger partial charge is 0.220 e. The van der Waals surface area contributed by atoms with Gasteiger partial charge in [-0.05, 0) is 50.5 Å². The zero-order valence-electron chi connectivity index (χ0n) is 15.2. The lowest BCUT2D eigenvalue weighted by Crippen LogP contribution is -2.29. The fraction of sp³-hybridized carbons (Fsp3) is 0.421. The van der Waals surface area contributed by atoms with Crippen LogP contribution in [0.5, 0.6) is 0 Å².